The lowest BCUT2D eigenvalue weighted by atomic mass is 9.87. The summed E-state index contributed by atoms with van der Waals surface area (Å²) >= 11 is 0. The Labute approximate surface area is 333 Å². The molecular formula is C43H72O10Si2. The first-order valence-electron chi connectivity index (χ1n) is 21.1. The minimum absolute atomic E-state index is 0.104. The van der Waals surface area contributed by atoms with Crippen LogP contribution in [0.25, 0.3) is 0 Å². The molecule has 2 saturated heterocycles. The third-order valence-corrected chi connectivity index (χ3v) is 21.3. The third-order valence-electron chi connectivity index (χ3n) is 11.9. The number of benzene rings is 2. The number of aliphatic hydroxyl groups is 2. The molecule has 12 heteroatoms. The van der Waals surface area contributed by atoms with E-state index in [0.29, 0.717) is 52.1 Å². The van der Waals surface area contributed by atoms with Gasteiger partial charge in [0.25, 0.3) is 0 Å². The van der Waals surface area contributed by atoms with Gasteiger partial charge in [0.05, 0.1) is 57.3 Å². The Morgan fingerprint density at radius 1 is 0.564 bits per heavy atom. The summed E-state index contributed by atoms with van der Waals surface area (Å²) < 4.78 is 50.2. The Morgan fingerprint density at radius 2 is 0.927 bits per heavy atom. The zero-order chi connectivity index (χ0) is 39.6. The van der Waals surface area contributed by atoms with Crippen LogP contribution < -0.4 is 0 Å². The SMILES string of the molecule is CC[Si](CC)(CC)O[C@H]1C[C@@H](CCOCOCc2ccccc2)OC(O)(CC2(O)C[C@@H](O[Si](CC)(CC)CC)C[C@@H](CCOCOCc3ccccc3)O2)C1. The van der Waals surface area contributed by atoms with E-state index in [1.54, 1.807) is 0 Å². The molecule has 10 nitrogen and oxygen atoms in total. The summed E-state index contributed by atoms with van der Waals surface area (Å²) in [5.41, 5.74) is 2.18. The molecule has 0 amide bonds. The van der Waals surface area contributed by atoms with Crippen LogP contribution in [0.15, 0.2) is 60.7 Å². The highest BCUT2D eigenvalue weighted by atomic mass is 28.4. The van der Waals surface area contributed by atoms with Crippen molar-refractivity contribution in [1.82, 2.24) is 0 Å². The lowest BCUT2D eigenvalue weighted by molar-refractivity contribution is -0.345. The lowest BCUT2D eigenvalue weighted by Gasteiger charge is -2.49. The molecule has 0 radical (unpaired) electrons. The molecule has 55 heavy (non-hydrogen) atoms. The van der Waals surface area contributed by atoms with Crippen molar-refractivity contribution in [2.75, 3.05) is 26.8 Å². The average molecular weight is 805 g/mol. The van der Waals surface area contributed by atoms with Crippen LogP contribution in [0, 0.1) is 0 Å². The maximum absolute atomic E-state index is 12.4. The maximum Gasteiger partial charge on any atom is 0.192 e. The predicted molar refractivity (Wildman–Crippen MR) is 220 cm³/mol. The molecule has 0 aliphatic carbocycles. The predicted octanol–water partition coefficient (Wildman–Crippen LogP) is 9.05. The van der Waals surface area contributed by atoms with Crippen LogP contribution in [-0.4, -0.2) is 89.6 Å². The molecule has 312 valence electrons. The highest BCUT2D eigenvalue weighted by Gasteiger charge is 2.52. The second-order valence-corrected chi connectivity index (χ2v) is 25.1. The van der Waals surface area contributed by atoms with Crippen LogP contribution >= 0.6 is 0 Å². The summed E-state index contributed by atoms with van der Waals surface area (Å²) in [5.74, 6) is -3.32. The van der Waals surface area contributed by atoms with Gasteiger partial charge in [-0.05, 0) is 73.1 Å². The zero-order valence-corrected chi connectivity index (χ0v) is 36.7. The minimum atomic E-state index is -2.01. The first kappa shape index (κ1) is 46.2. The van der Waals surface area contributed by atoms with Gasteiger partial charge in [-0.25, -0.2) is 0 Å². The molecule has 2 heterocycles. The van der Waals surface area contributed by atoms with E-state index in [9.17, 15) is 10.2 Å². The smallest absolute Gasteiger partial charge is 0.192 e. The summed E-state index contributed by atoms with van der Waals surface area (Å²) in [6, 6.07) is 26.1. The standard InChI is InChI=1S/C43H72O10Si2/c1-7-54(8-2,9-3)52-40-27-38(23-25-46-34-48-31-36-19-15-13-16-20-36)50-42(44,29-40)33-43(45)30-41(53-55(10-4,11-5)12-6)28-39(51-43)24-26-47-35-49-32-37-21-17-14-18-22-37/h13-22,38-41,44-45H,7-12,23-35H2,1-6H3/t38-,39-,40+,41+,42?,43?/m1/s1. The van der Waals surface area contributed by atoms with E-state index in [4.69, 9.17) is 37.3 Å². The van der Waals surface area contributed by atoms with E-state index < -0.39 is 28.2 Å². The molecular weight excluding hydrogens is 733 g/mol. The minimum Gasteiger partial charge on any atom is -0.414 e. The van der Waals surface area contributed by atoms with Crippen LogP contribution in [0.1, 0.15) is 97.6 Å². The van der Waals surface area contributed by atoms with Crippen molar-refractivity contribution in [2.45, 2.75) is 172 Å². The third kappa shape index (κ3) is 15.0. The van der Waals surface area contributed by atoms with Crippen LogP contribution in [0.5, 0.6) is 0 Å². The molecule has 0 spiro atoms. The van der Waals surface area contributed by atoms with Gasteiger partial charge < -0.3 is 47.5 Å². The van der Waals surface area contributed by atoms with Crippen LogP contribution in [-0.2, 0) is 50.5 Å². The molecule has 0 saturated carbocycles. The van der Waals surface area contributed by atoms with Gasteiger partial charge in [0.15, 0.2) is 28.2 Å². The summed E-state index contributed by atoms with van der Waals surface area (Å²) in [7, 11) is -4.01. The average Bonchev–Trinajstić information content (AvgIpc) is 3.19. The Balaban J connectivity index is 1.42. The van der Waals surface area contributed by atoms with Gasteiger partial charge in [-0.2, -0.15) is 0 Å². The highest BCUT2D eigenvalue weighted by molar-refractivity contribution is 6.74. The van der Waals surface area contributed by atoms with Gasteiger partial charge in [0, 0.05) is 12.8 Å². The van der Waals surface area contributed by atoms with Crippen molar-refractivity contribution in [3.05, 3.63) is 71.8 Å². The van der Waals surface area contributed by atoms with E-state index >= 15 is 0 Å². The van der Waals surface area contributed by atoms with Gasteiger partial charge in [-0.15, -0.1) is 0 Å². The van der Waals surface area contributed by atoms with E-state index in [0.717, 1.165) is 47.4 Å². The molecule has 6 atom stereocenters. The lowest BCUT2D eigenvalue weighted by Crippen LogP contribution is -2.57. The van der Waals surface area contributed by atoms with E-state index in [2.05, 4.69) is 41.5 Å². The maximum atomic E-state index is 12.4. The fraction of sp³-hybridized carbons (Fsp3) is 0.721. The van der Waals surface area contributed by atoms with Crippen molar-refractivity contribution >= 4 is 16.6 Å². The van der Waals surface area contributed by atoms with E-state index in [-0.39, 0.29) is 57.3 Å². The second kappa shape index (κ2) is 23.2. The quantitative estimate of drug-likeness (QED) is 0.0543. The fourth-order valence-electron chi connectivity index (χ4n) is 8.31. The fourth-order valence-corrected chi connectivity index (χ4v) is 14.1. The molecule has 0 bridgehead atoms. The van der Waals surface area contributed by atoms with Crippen molar-refractivity contribution in [3.8, 4) is 0 Å². The summed E-state index contributed by atoms with van der Waals surface area (Å²) in [6.45, 7) is 15.4. The molecule has 2 unspecified atom stereocenters. The Bertz CT molecular complexity index is 1200. The van der Waals surface area contributed by atoms with Gasteiger partial charge >= 0.3 is 0 Å². The normalized spacial score (nSPS) is 26.3. The number of hydrogen-bond donors (Lipinski definition) is 2. The van der Waals surface area contributed by atoms with Crippen LogP contribution in [0.2, 0.25) is 36.3 Å². The van der Waals surface area contributed by atoms with Gasteiger partial charge in [-0.3, -0.25) is 0 Å². The first-order chi connectivity index (χ1) is 26.5. The van der Waals surface area contributed by atoms with Gasteiger partial charge in [-0.1, -0.05) is 102 Å². The molecule has 2 fully saturated rings. The Kier molecular flexibility index (Phi) is 19.4. The summed E-state index contributed by atoms with van der Waals surface area (Å²) in [6.07, 6.45) is 1.79. The topological polar surface area (TPSA) is 114 Å². The molecule has 2 N–H and O–H groups in total. The Morgan fingerprint density at radius 3 is 1.27 bits per heavy atom. The van der Waals surface area contributed by atoms with Crippen molar-refractivity contribution in [1.29, 1.82) is 0 Å². The van der Waals surface area contributed by atoms with Crippen LogP contribution in [0.3, 0.4) is 0 Å². The Hall–Kier alpha value is -1.53. The molecule has 2 aliphatic heterocycles. The van der Waals surface area contributed by atoms with Crippen molar-refractivity contribution in [2.24, 2.45) is 0 Å². The molecule has 2 aliphatic rings. The van der Waals surface area contributed by atoms with E-state index in [1.807, 2.05) is 60.7 Å². The molecule has 4 rings (SSSR count). The number of rotatable bonds is 26. The van der Waals surface area contributed by atoms with Gasteiger partial charge in [0.2, 0.25) is 0 Å². The van der Waals surface area contributed by atoms with Crippen molar-refractivity contribution < 1.29 is 47.5 Å². The number of hydrogen-bond acceptors (Lipinski definition) is 10. The zero-order valence-electron chi connectivity index (χ0n) is 34.7. The van der Waals surface area contributed by atoms with Crippen molar-refractivity contribution in [3.63, 3.8) is 0 Å². The molecule has 0 aromatic heterocycles. The largest absolute Gasteiger partial charge is 0.414 e. The monoisotopic (exact) mass is 804 g/mol. The summed E-state index contributed by atoms with van der Waals surface area (Å²) in [4.78, 5) is 0. The first-order valence-corrected chi connectivity index (χ1v) is 26.1. The highest BCUT2D eigenvalue weighted by Crippen LogP contribution is 2.43. The van der Waals surface area contributed by atoms with Gasteiger partial charge in [0.1, 0.15) is 13.6 Å². The molecule has 2 aromatic carbocycles. The van der Waals surface area contributed by atoms with E-state index in [1.165, 1.54) is 0 Å². The number of ether oxygens (including phenoxy) is 6. The van der Waals surface area contributed by atoms with Crippen LogP contribution in [0.4, 0.5) is 0 Å². The molecule has 2 aromatic rings. The summed E-state index contributed by atoms with van der Waals surface area (Å²) in [5, 5.41) is 24.7. The second-order valence-electron chi connectivity index (χ2n) is 15.7.